The molecule has 1 heterocycles. The quantitative estimate of drug-likeness (QED) is 0.374. The summed E-state index contributed by atoms with van der Waals surface area (Å²) in [6.45, 7) is 2.69. The number of rotatable bonds is 8. The highest BCUT2D eigenvalue weighted by Gasteiger charge is 2.23. The first-order chi connectivity index (χ1) is 19.5. The zero-order chi connectivity index (χ0) is 29.7. The molecule has 212 valence electrons. The van der Waals surface area contributed by atoms with Crippen molar-refractivity contribution in [3.8, 4) is 11.8 Å². The molecule has 2 amide bonds. The largest absolute Gasteiger partial charge is 0.483 e. The number of nitrogens with one attached hydrogen (secondary N) is 1. The van der Waals surface area contributed by atoms with Crippen LogP contribution in [0.2, 0.25) is 5.02 Å². The van der Waals surface area contributed by atoms with Crippen molar-refractivity contribution in [2.24, 2.45) is 5.14 Å². The molecule has 0 unspecified atom stereocenters. The molecule has 1 saturated heterocycles. The van der Waals surface area contributed by atoms with Gasteiger partial charge >= 0.3 is 0 Å². The molecule has 3 aromatic carbocycles. The Kier molecular flexibility index (Phi) is 9.05. The van der Waals surface area contributed by atoms with Gasteiger partial charge in [0.25, 0.3) is 11.8 Å². The van der Waals surface area contributed by atoms with Crippen molar-refractivity contribution in [2.45, 2.75) is 11.8 Å². The Balaban J connectivity index is 1.54. The van der Waals surface area contributed by atoms with Crippen molar-refractivity contribution in [3.05, 3.63) is 87.4 Å². The maximum Gasteiger partial charge on any atom is 0.262 e. The number of halogens is 1. The minimum atomic E-state index is -3.90. The SMILES string of the molecule is Cc1cc(S(N)(=O)=O)ccc1NC(=O)COc1ccc(Cl)cc1C(=O)c1cc(C#N)cc(C(=O)N2CCOCC2)c1. The fraction of sp³-hybridized carbons (Fsp3) is 0.214. The first-order valence-corrected chi connectivity index (χ1v) is 14.2. The van der Waals surface area contributed by atoms with Crippen LogP contribution in [0.25, 0.3) is 0 Å². The van der Waals surface area contributed by atoms with Crippen molar-refractivity contribution < 1.29 is 32.3 Å². The van der Waals surface area contributed by atoms with Crippen molar-refractivity contribution in [3.63, 3.8) is 0 Å². The lowest BCUT2D eigenvalue weighted by molar-refractivity contribution is -0.118. The molecule has 1 aliphatic rings. The maximum absolute atomic E-state index is 13.6. The van der Waals surface area contributed by atoms with Crippen LogP contribution in [0.1, 0.15) is 37.4 Å². The number of hydrogen-bond donors (Lipinski definition) is 2. The monoisotopic (exact) mass is 596 g/mol. The lowest BCUT2D eigenvalue weighted by Gasteiger charge is -2.27. The van der Waals surface area contributed by atoms with Crippen LogP contribution in [0.4, 0.5) is 5.69 Å². The van der Waals surface area contributed by atoms with Crippen LogP contribution in [0.5, 0.6) is 5.75 Å². The van der Waals surface area contributed by atoms with Gasteiger partial charge in [0, 0.05) is 34.9 Å². The van der Waals surface area contributed by atoms with E-state index in [4.69, 9.17) is 26.2 Å². The summed E-state index contributed by atoms with van der Waals surface area (Å²) in [5.74, 6) is -1.41. The first-order valence-electron chi connectivity index (χ1n) is 12.3. The number of carbonyl (C=O) groups is 3. The van der Waals surface area contributed by atoms with E-state index in [-0.39, 0.29) is 43.8 Å². The first kappa shape index (κ1) is 29.7. The number of ketones is 1. The van der Waals surface area contributed by atoms with Gasteiger partial charge in [0.05, 0.1) is 35.3 Å². The Morgan fingerprint density at radius 3 is 2.44 bits per heavy atom. The molecule has 0 radical (unpaired) electrons. The zero-order valence-electron chi connectivity index (χ0n) is 21.8. The van der Waals surface area contributed by atoms with E-state index >= 15 is 0 Å². The van der Waals surface area contributed by atoms with Gasteiger partial charge in [0.15, 0.2) is 12.4 Å². The molecular formula is C28H25ClN4O7S. The van der Waals surface area contributed by atoms with Crippen molar-refractivity contribution in [1.29, 1.82) is 5.26 Å². The van der Waals surface area contributed by atoms with Gasteiger partial charge in [-0.1, -0.05) is 11.6 Å². The summed E-state index contributed by atoms with van der Waals surface area (Å²) in [5.41, 5.74) is 1.22. The van der Waals surface area contributed by atoms with E-state index in [1.807, 2.05) is 6.07 Å². The summed E-state index contributed by atoms with van der Waals surface area (Å²) in [7, 11) is -3.90. The molecule has 0 atom stereocenters. The predicted molar refractivity (Wildman–Crippen MR) is 149 cm³/mol. The number of aryl methyl sites for hydroxylation is 1. The van der Waals surface area contributed by atoms with Crippen molar-refractivity contribution >= 4 is 44.9 Å². The number of morpholine rings is 1. The smallest absolute Gasteiger partial charge is 0.262 e. The number of nitriles is 1. The van der Waals surface area contributed by atoms with Crippen molar-refractivity contribution in [2.75, 3.05) is 38.2 Å². The van der Waals surface area contributed by atoms with Gasteiger partial charge in [-0.25, -0.2) is 13.6 Å². The summed E-state index contributed by atoms with van der Waals surface area (Å²) >= 11 is 6.16. The molecule has 41 heavy (non-hydrogen) atoms. The Bertz CT molecular complexity index is 1680. The van der Waals surface area contributed by atoms with Crippen LogP contribution in [0.3, 0.4) is 0 Å². The Hall–Kier alpha value is -4.28. The molecule has 3 N–H and O–H groups in total. The Labute approximate surface area is 241 Å². The summed E-state index contributed by atoms with van der Waals surface area (Å²) in [5, 5.41) is 17.5. The van der Waals surface area contributed by atoms with Crippen LogP contribution >= 0.6 is 11.6 Å². The molecule has 0 saturated carbocycles. The van der Waals surface area contributed by atoms with Gasteiger partial charge in [-0.3, -0.25) is 14.4 Å². The number of nitrogens with two attached hydrogens (primary N) is 1. The molecule has 0 aromatic heterocycles. The highest BCUT2D eigenvalue weighted by atomic mass is 35.5. The number of nitrogens with zero attached hydrogens (tertiary/aromatic N) is 2. The van der Waals surface area contributed by atoms with E-state index in [1.165, 1.54) is 54.6 Å². The van der Waals surface area contributed by atoms with Gasteiger partial charge in [0.2, 0.25) is 10.0 Å². The van der Waals surface area contributed by atoms with Gasteiger partial charge in [-0.15, -0.1) is 0 Å². The molecule has 1 fully saturated rings. The standard InChI is InChI=1S/C28H25ClN4O7S/c1-17-10-22(41(31,37)38)3-4-24(17)32-26(34)16-40-25-5-2-21(29)14-23(25)27(35)19-11-18(15-30)12-20(13-19)28(36)33-6-8-39-9-7-33/h2-5,10-14H,6-9,16H2,1H3,(H,32,34)(H2,31,37,38). The summed E-state index contributed by atoms with van der Waals surface area (Å²) < 4.78 is 34.0. The molecule has 11 nitrogen and oxygen atoms in total. The van der Waals surface area contributed by atoms with Crippen LogP contribution in [-0.4, -0.2) is 63.8 Å². The van der Waals surface area contributed by atoms with E-state index in [2.05, 4.69) is 5.32 Å². The second-order valence-electron chi connectivity index (χ2n) is 9.14. The lowest BCUT2D eigenvalue weighted by atomic mass is 9.97. The predicted octanol–water partition coefficient (Wildman–Crippen LogP) is 2.89. The average molecular weight is 597 g/mol. The molecule has 4 rings (SSSR count). The third kappa shape index (κ3) is 7.27. The molecular weight excluding hydrogens is 572 g/mol. The molecule has 0 spiro atoms. The number of ether oxygens (including phenoxy) is 2. The van der Waals surface area contributed by atoms with Crippen LogP contribution in [0.15, 0.2) is 59.5 Å². The molecule has 0 aliphatic carbocycles. The lowest BCUT2D eigenvalue weighted by Crippen LogP contribution is -2.40. The highest BCUT2D eigenvalue weighted by molar-refractivity contribution is 7.89. The second-order valence-corrected chi connectivity index (χ2v) is 11.1. The number of hydrogen-bond acceptors (Lipinski definition) is 8. The highest BCUT2D eigenvalue weighted by Crippen LogP contribution is 2.27. The third-order valence-electron chi connectivity index (χ3n) is 6.22. The van der Waals surface area contributed by atoms with Gasteiger partial charge in [-0.2, -0.15) is 5.26 Å². The number of carbonyl (C=O) groups excluding carboxylic acids is 3. The van der Waals surface area contributed by atoms with Gasteiger partial charge < -0.3 is 19.7 Å². The third-order valence-corrected chi connectivity index (χ3v) is 7.36. The summed E-state index contributed by atoms with van der Waals surface area (Å²) in [4.78, 5) is 40.7. The van der Waals surface area contributed by atoms with Crippen LogP contribution in [0, 0.1) is 18.3 Å². The number of sulfonamides is 1. The van der Waals surface area contributed by atoms with Gasteiger partial charge in [-0.05, 0) is 67.1 Å². The number of benzene rings is 3. The molecule has 1 aliphatic heterocycles. The second kappa shape index (κ2) is 12.5. The van der Waals surface area contributed by atoms with E-state index in [0.717, 1.165) is 0 Å². The van der Waals surface area contributed by atoms with Crippen LogP contribution < -0.4 is 15.2 Å². The normalized spacial score (nSPS) is 13.3. The van der Waals surface area contributed by atoms with E-state index in [1.54, 1.807) is 11.8 Å². The summed E-state index contributed by atoms with van der Waals surface area (Å²) in [6, 6.07) is 14.5. The fourth-order valence-corrected chi connectivity index (χ4v) is 4.91. The minimum absolute atomic E-state index is 0.0267. The molecule has 0 bridgehead atoms. The molecule has 3 aromatic rings. The Morgan fingerprint density at radius 2 is 1.78 bits per heavy atom. The maximum atomic E-state index is 13.6. The Morgan fingerprint density at radius 1 is 1.07 bits per heavy atom. The van der Waals surface area contributed by atoms with Crippen LogP contribution in [-0.2, 0) is 19.6 Å². The summed E-state index contributed by atoms with van der Waals surface area (Å²) in [6.07, 6.45) is 0. The number of anilines is 1. The van der Waals surface area contributed by atoms with Gasteiger partial charge in [0.1, 0.15) is 5.75 Å². The fourth-order valence-electron chi connectivity index (χ4n) is 4.14. The van der Waals surface area contributed by atoms with E-state index < -0.39 is 28.3 Å². The number of amides is 2. The van der Waals surface area contributed by atoms with E-state index in [0.29, 0.717) is 37.6 Å². The van der Waals surface area contributed by atoms with Crippen molar-refractivity contribution in [1.82, 2.24) is 4.90 Å². The zero-order valence-corrected chi connectivity index (χ0v) is 23.4. The molecule has 13 heteroatoms. The van der Waals surface area contributed by atoms with E-state index in [9.17, 15) is 28.1 Å². The topological polar surface area (TPSA) is 169 Å². The minimum Gasteiger partial charge on any atom is -0.483 e. The number of primary sulfonamides is 1. The average Bonchev–Trinajstić information content (AvgIpc) is 2.96.